The Morgan fingerprint density at radius 2 is 1.52 bits per heavy atom. The Balaban J connectivity index is 0.000000497. The van der Waals surface area contributed by atoms with Gasteiger partial charge in [0.15, 0.2) is 0 Å². The van der Waals surface area contributed by atoms with Crippen molar-refractivity contribution < 1.29 is 21.4 Å². The molecule has 0 amide bonds. The summed E-state index contributed by atoms with van der Waals surface area (Å²) in [4.78, 5) is 0. The van der Waals surface area contributed by atoms with Gasteiger partial charge < -0.3 is 0 Å². The third kappa shape index (κ3) is 5.28. The van der Waals surface area contributed by atoms with Crippen molar-refractivity contribution in [2.75, 3.05) is 0 Å². The minimum atomic E-state index is -0.114. The van der Waals surface area contributed by atoms with Gasteiger partial charge in [0.05, 0.1) is 0 Å². The van der Waals surface area contributed by atoms with Crippen LogP contribution in [0, 0.1) is 5.82 Å². The van der Waals surface area contributed by atoms with Gasteiger partial charge in [-0.3, -0.25) is 0 Å². The fourth-order valence-electron chi connectivity index (χ4n) is 3.72. The van der Waals surface area contributed by atoms with E-state index < -0.39 is 0 Å². The summed E-state index contributed by atoms with van der Waals surface area (Å²) in [5.74, 6) is -0.0454. The molecule has 0 spiro atoms. The first-order valence-corrected chi connectivity index (χ1v) is 12.9. The zero-order valence-electron chi connectivity index (χ0n) is 12.6. The Labute approximate surface area is 142 Å². The third-order valence-electron chi connectivity index (χ3n) is 4.54. The molecule has 2 saturated carbocycles. The summed E-state index contributed by atoms with van der Waals surface area (Å²) in [7, 11) is 4.93. The molecule has 2 fully saturated rings. The standard InChI is InChI=1S/C16H22FP.CH3.ClH.Pd/c17-13-6-5-11-16(12-13)18(14-7-1-2-8-14)15-9-3-4-10-15;;;/h5-6,11-12,14-15H,1-4,7-10H2;1H3;1H;/q;;;+1/p-1. The van der Waals surface area contributed by atoms with Gasteiger partial charge in [-0.15, -0.1) is 0 Å². The van der Waals surface area contributed by atoms with E-state index in [1.165, 1.54) is 56.7 Å². The van der Waals surface area contributed by atoms with Gasteiger partial charge >= 0.3 is 31.9 Å². The van der Waals surface area contributed by atoms with E-state index in [2.05, 4.69) is 6.07 Å². The molecular formula is C17H25ClFPPd. The van der Waals surface area contributed by atoms with Gasteiger partial charge in [-0.1, -0.05) is 45.7 Å². The van der Waals surface area contributed by atoms with Crippen LogP contribution in [0.3, 0.4) is 0 Å². The molecule has 0 bridgehead atoms. The van der Waals surface area contributed by atoms with Crippen molar-refractivity contribution in [3.63, 3.8) is 0 Å². The number of hydrogen-bond donors (Lipinski definition) is 0. The van der Waals surface area contributed by atoms with Crippen LogP contribution in [0.1, 0.15) is 51.4 Å². The number of rotatable bonds is 3. The van der Waals surface area contributed by atoms with Crippen LogP contribution in [-0.4, -0.2) is 11.3 Å². The van der Waals surface area contributed by atoms with E-state index in [1.54, 1.807) is 6.07 Å². The van der Waals surface area contributed by atoms with Crippen molar-refractivity contribution in [3.05, 3.63) is 30.1 Å². The molecule has 0 aromatic heterocycles. The van der Waals surface area contributed by atoms with E-state index in [4.69, 9.17) is 9.53 Å². The van der Waals surface area contributed by atoms with Crippen molar-refractivity contribution in [1.82, 2.24) is 0 Å². The molecule has 0 unspecified atom stereocenters. The zero-order valence-corrected chi connectivity index (χ0v) is 15.8. The molecular weight excluding hydrogens is 396 g/mol. The topological polar surface area (TPSA) is 0 Å². The second-order valence-electron chi connectivity index (χ2n) is 5.88. The molecule has 3 rings (SSSR count). The van der Waals surface area contributed by atoms with Crippen molar-refractivity contribution in [1.29, 1.82) is 0 Å². The first-order valence-electron chi connectivity index (χ1n) is 7.82. The predicted octanol–water partition coefficient (Wildman–Crippen LogP) is 6.09. The normalized spacial score (nSPS) is 20.0. The Kier molecular flexibility index (Phi) is 8.19. The molecule has 0 atom stereocenters. The Morgan fingerprint density at radius 1 is 1.05 bits per heavy atom. The predicted molar refractivity (Wildman–Crippen MR) is 89.2 cm³/mol. The zero-order chi connectivity index (χ0) is 15.1. The van der Waals surface area contributed by atoms with Gasteiger partial charge in [-0.25, -0.2) is 4.39 Å². The molecule has 2 aliphatic rings. The van der Waals surface area contributed by atoms with Gasteiger partial charge in [0.1, 0.15) is 5.82 Å². The number of halogens is 2. The molecule has 0 heterocycles. The van der Waals surface area contributed by atoms with E-state index in [-0.39, 0.29) is 13.7 Å². The second kappa shape index (κ2) is 9.62. The summed E-state index contributed by atoms with van der Waals surface area (Å²) in [5, 5.41) is 3.28. The fraction of sp³-hybridized carbons (Fsp3) is 0.647. The number of hydrogen-bond acceptors (Lipinski definition) is 0. The maximum absolute atomic E-state index is 13.5. The van der Waals surface area contributed by atoms with Gasteiger partial charge in [-0.2, -0.15) is 0 Å². The monoisotopic (exact) mass is 420 g/mol. The van der Waals surface area contributed by atoms with Crippen LogP contribution in [0.5, 0.6) is 0 Å². The Hall–Kier alpha value is 0.532. The van der Waals surface area contributed by atoms with Crippen LogP contribution in [0.4, 0.5) is 4.39 Å². The summed E-state index contributed by atoms with van der Waals surface area (Å²) < 4.78 is 13.5. The second-order valence-corrected chi connectivity index (χ2v) is 10.7. The molecule has 122 valence electrons. The quantitative estimate of drug-likeness (QED) is 0.410. The van der Waals surface area contributed by atoms with Crippen molar-refractivity contribution in [3.8, 4) is 0 Å². The van der Waals surface area contributed by atoms with Gasteiger partial charge in [0, 0.05) is 0 Å². The Morgan fingerprint density at radius 3 is 1.95 bits per heavy atom. The molecule has 2 aliphatic carbocycles. The summed E-state index contributed by atoms with van der Waals surface area (Å²) in [6.45, 7) is 0. The van der Waals surface area contributed by atoms with E-state index in [9.17, 15) is 4.39 Å². The Bertz CT molecular complexity index is 401. The summed E-state index contributed by atoms with van der Waals surface area (Å²) >= 11 is 0.422. The molecule has 4 heteroatoms. The van der Waals surface area contributed by atoms with Crippen LogP contribution >= 0.6 is 17.5 Å². The minimum absolute atomic E-state index is 0.0454. The van der Waals surface area contributed by atoms with Gasteiger partial charge in [0.2, 0.25) is 0 Å². The summed E-state index contributed by atoms with van der Waals surface area (Å²) in [6, 6.07) is 7.50. The average molecular weight is 421 g/mol. The van der Waals surface area contributed by atoms with Crippen LogP contribution < -0.4 is 5.30 Å². The van der Waals surface area contributed by atoms with Crippen LogP contribution in [0.2, 0.25) is 5.40 Å². The van der Waals surface area contributed by atoms with E-state index in [0.717, 1.165) is 11.3 Å². The molecule has 21 heavy (non-hydrogen) atoms. The van der Waals surface area contributed by atoms with E-state index >= 15 is 0 Å². The van der Waals surface area contributed by atoms with Crippen LogP contribution in [0.15, 0.2) is 24.3 Å². The molecule has 0 aliphatic heterocycles. The average Bonchev–Trinajstić information content (AvgIpc) is 3.14. The summed E-state index contributed by atoms with van der Waals surface area (Å²) in [5.41, 5.74) is 1.76. The molecule has 0 N–H and O–H groups in total. The first kappa shape index (κ1) is 17.9. The van der Waals surface area contributed by atoms with Crippen molar-refractivity contribution in [2.45, 2.75) is 68.1 Å². The summed E-state index contributed by atoms with van der Waals surface area (Å²) in [6.07, 6.45) is 11.1. The fourth-order valence-corrected chi connectivity index (χ4v) is 7.53. The van der Waals surface area contributed by atoms with E-state index in [0.29, 0.717) is 17.0 Å². The first-order chi connectivity index (χ1) is 10.3. The third-order valence-corrected chi connectivity index (χ3v) is 8.02. The SMILES string of the molecule is Fc1cccc(P(C2CCCC2)C2CCCC2)c1.[CH3][Pd][Cl]. The molecule has 1 aromatic carbocycles. The molecule has 0 saturated heterocycles. The molecule has 0 nitrogen and oxygen atoms in total. The van der Waals surface area contributed by atoms with Gasteiger partial charge in [0.25, 0.3) is 0 Å². The van der Waals surface area contributed by atoms with E-state index in [1.807, 2.05) is 17.5 Å². The van der Waals surface area contributed by atoms with Crippen LogP contribution in [-0.2, 0) is 17.0 Å². The number of benzene rings is 1. The molecule has 1 aromatic rings. The van der Waals surface area contributed by atoms with Gasteiger partial charge in [-0.05, 0) is 54.4 Å². The maximum atomic E-state index is 13.5. The van der Waals surface area contributed by atoms with Crippen molar-refractivity contribution in [2.24, 2.45) is 0 Å². The van der Waals surface area contributed by atoms with Crippen LogP contribution in [0.25, 0.3) is 0 Å². The van der Waals surface area contributed by atoms with Crippen molar-refractivity contribution >= 4 is 22.8 Å². The molecule has 0 radical (unpaired) electrons.